The third-order valence-corrected chi connectivity index (χ3v) is 4.94. The van der Waals surface area contributed by atoms with Crippen molar-refractivity contribution in [3.63, 3.8) is 0 Å². The molecule has 0 radical (unpaired) electrons. The predicted octanol–water partition coefficient (Wildman–Crippen LogP) is 5.71. The molecule has 1 amide bonds. The highest BCUT2D eigenvalue weighted by atomic mass is 35.5. The second-order valence-electron chi connectivity index (χ2n) is 6.38. The minimum atomic E-state index is -0.993. The number of carbonyl (C=O) groups excluding carboxylic acids is 1. The van der Waals surface area contributed by atoms with Crippen molar-refractivity contribution >= 4 is 63.2 Å². The number of nitrogens with one attached hydrogen (secondary N) is 2. The summed E-state index contributed by atoms with van der Waals surface area (Å²) in [6.45, 7) is 0. The summed E-state index contributed by atoms with van der Waals surface area (Å²) < 4.78 is 0. The van der Waals surface area contributed by atoms with Crippen LogP contribution in [0.4, 0.5) is 34.1 Å². The lowest BCUT2D eigenvalue weighted by Gasteiger charge is -2.14. The maximum Gasteiger partial charge on any atom is 0.300 e. The van der Waals surface area contributed by atoms with Gasteiger partial charge in [-0.05, 0) is 18.2 Å². The second kappa shape index (κ2) is 9.46. The quantitative estimate of drug-likeness (QED) is 0.312. The molecule has 168 valence electrons. The summed E-state index contributed by atoms with van der Waals surface area (Å²) >= 11 is 12.1. The van der Waals surface area contributed by atoms with Gasteiger partial charge in [-0.25, -0.2) is 0 Å². The number of nitro benzene ring substituents is 3. The van der Waals surface area contributed by atoms with Crippen LogP contribution < -0.4 is 10.6 Å². The number of halogens is 2. The summed E-state index contributed by atoms with van der Waals surface area (Å²) in [4.78, 5) is 44.4. The maximum atomic E-state index is 13.0. The van der Waals surface area contributed by atoms with E-state index in [0.29, 0.717) is 6.07 Å². The molecule has 0 spiro atoms. The van der Waals surface area contributed by atoms with Gasteiger partial charge in [0, 0.05) is 18.2 Å². The number of benzene rings is 3. The molecular weight excluding hydrogens is 481 g/mol. The van der Waals surface area contributed by atoms with Crippen LogP contribution in [0.5, 0.6) is 0 Å². The predicted molar refractivity (Wildman–Crippen MR) is 121 cm³/mol. The van der Waals surface area contributed by atoms with Crippen LogP contribution in [0, 0.1) is 30.3 Å². The Morgan fingerprint density at radius 3 is 2.00 bits per heavy atom. The van der Waals surface area contributed by atoms with Gasteiger partial charge in [-0.1, -0.05) is 35.3 Å². The van der Waals surface area contributed by atoms with E-state index in [9.17, 15) is 35.1 Å². The van der Waals surface area contributed by atoms with Crippen LogP contribution in [0.15, 0.2) is 54.6 Å². The minimum Gasteiger partial charge on any atom is -0.348 e. The van der Waals surface area contributed by atoms with Crippen LogP contribution in [0.2, 0.25) is 10.0 Å². The molecule has 0 aliphatic rings. The van der Waals surface area contributed by atoms with Crippen molar-refractivity contribution in [2.45, 2.75) is 0 Å². The standard InChI is InChI=1S/C19H11Cl2N5O7/c20-13-3-1-2-4-15(13)22-18-12(7-11(25(30)31)9-17(18)26(32)33)19(27)23-16-6-5-10(24(28)29)8-14(16)21/h1-9,22H,(H,23,27). The maximum absolute atomic E-state index is 13.0. The molecule has 3 aromatic rings. The van der Waals surface area contributed by atoms with E-state index in [2.05, 4.69) is 10.6 Å². The minimum absolute atomic E-state index is 0.0508. The van der Waals surface area contributed by atoms with Crippen LogP contribution in [0.25, 0.3) is 0 Å². The fraction of sp³-hybridized carbons (Fsp3) is 0. The largest absolute Gasteiger partial charge is 0.348 e. The summed E-state index contributed by atoms with van der Waals surface area (Å²) in [6, 6.07) is 11.0. The summed E-state index contributed by atoms with van der Waals surface area (Å²) in [5.74, 6) is -0.993. The van der Waals surface area contributed by atoms with Gasteiger partial charge in [0.15, 0.2) is 0 Å². The van der Waals surface area contributed by atoms with E-state index >= 15 is 0 Å². The molecule has 0 saturated heterocycles. The van der Waals surface area contributed by atoms with Crippen molar-refractivity contribution in [3.8, 4) is 0 Å². The zero-order valence-corrected chi connectivity index (χ0v) is 17.7. The molecule has 2 N–H and O–H groups in total. The van der Waals surface area contributed by atoms with Crippen molar-refractivity contribution in [2.75, 3.05) is 10.6 Å². The molecule has 0 bridgehead atoms. The van der Waals surface area contributed by atoms with E-state index in [4.69, 9.17) is 23.2 Å². The first-order valence-corrected chi connectivity index (χ1v) is 9.57. The highest BCUT2D eigenvalue weighted by Gasteiger charge is 2.28. The number of hydrogen-bond donors (Lipinski definition) is 2. The van der Waals surface area contributed by atoms with E-state index in [0.717, 1.165) is 24.3 Å². The average Bonchev–Trinajstić information content (AvgIpc) is 2.76. The summed E-state index contributed by atoms with van der Waals surface area (Å²) in [5.41, 5.74) is -2.43. The van der Waals surface area contributed by atoms with Crippen molar-refractivity contribution in [1.82, 2.24) is 0 Å². The van der Waals surface area contributed by atoms with Gasteiger partial charge in [0.1, 0.15) is 5.69 Å². The summed E-state index contributed by atoms with van der Waals surface area (Å²) in [5, 5.41) is 38.9. The van der Waals surface area contributed by atoms with Gasteiger partial charge in [0.2, 0.25) is 0 Å². The first-order valence-electron chi connectivity index (χ1n) is 8.82. The van der Waals surface area contributed by atoms with E-state index in [-0.39, 0.29) is 32.8 Å². The molecule has 3 rings (SSSR count). The molecule has 14 heteroatoms. The van der Waals surface area contributed by atoms with Crippen LogP contribution in [0.3, 0.4) is 0 Å². The van der Waals surface area contributed by atoms with Gasteiger partial charge in [-0.15, -0.1) is 0 Å². The number of hydrogen-bond acceptors (Lipinski definition) is 8. The third kappa shape index (κ3) is 5.14. The van der Waals surface area contributed by atoms with E-state index in [1.807, 2.05) is 0 Å². The molecule has 33 heavy (non-hydrogen) atoms. The molecule has 0 heterocycles. The molecule has 0 aromatic heterocycles. The second-order valence-corrected chi connectivity index (χ2v) is 7.20. The van der Waals surface area contributed by atoms with Gasteiger partial charge in [-0.3, -0.25) is 35.1 Å². The Hall–Kier alpha value is -4.29. The Morgan fingerprint density at radius 2 is 1.42 bits per heavy atom. The highest BCUT2D eigenvalue weighted by molar-refractivity contribution is 6.34. The van der Waals surface area contributed by atoms with Gasteiger partial charge in [0.25, 0.3) is 23.0 Å². The first kappa shape index (κ1) is 23.4. The molecule has 0 saturated carbocycles. The number of amides is 1. The van der Waals surface area contributed by atoms with Crippen molar-refractivity contribution in [3.05, 3.63) is 101 Å². The van der Waals surface area contributed by atoms with Crippen LogP contribution >= 0.6 is 23.2 Å². The number of nitro groups is 3. The lowest BCUT2D eigenvalue weighted by atomic mass is 10.1. The first-order chi connectivity index (χ1) is 15.6. The van der Waals surface area contributed by atoms with Crippen molar-refractivity contribution in [2.24, 2.45) is 0 Å². The average molecular weight is 492 g/mol. The smallest absolute Gasteiger partial charge is 0.300 e. The van der Waals surface area contributed by atoms with Crippen molar-refractivity contribution in [1.29, 1.82) is 0 Å². The molecule has 3 aromatic carbocycles. The van der Waals surface area contributed by atoms with Crippen LogP contribution in [-0.4, -0.2) is 20.7 Å². The number of rotatable bonds is 7. The monoisotopic (exact) mass is 491 g/mol. The molecular formula is C19H11Cl2N5O7. The number of nitrogens with zero attached hydrogens (tertiary/aromatic N) is 3. The molecule has 0 unspecified atom stereocenters. The van der Waals surface area contributed by atoms with Crippen molar-refractivity contribution < 1.29 is 19.6 Å². The Kier molecular flexibility index (Phi) is 6.70. The van der Waals surface area contributed by atoms with Gasteiger partial charge in [0.05, 0.1) is 47.8 Å². The number of para-hydroxylation sites is 1. The Bertz CT molecular complexity index is 1320. The molecule has 0 fully saturated rings. The fourth-order valence-electron chi connectivity index (χ4n) is 2.78. The molecule has 0 aliphatic carbocycles. The Balaban J connectivity index is 2.13. The van der Waals surface area contributed by atoms with Gasteiger partial charge >= 0.3 is 0 Å². The van der Waals surface area contributed by atoms with Crippen LogP contribution in [0.1, 0.15) is 10.4 Å². The lowest BCUT2D eigenvalue weighted by Crippen LogP contribution is -2.16. The van der Waals surface area contributed by atoms with E-state index in [1.165, 1.54) is 12.1 Å². The third-order valence-electron chi connectivity index (χ3n) is 4.30. The van der Waals surface area contributed by atoms with Gasteiger partial charge in [-0.2, -0.15) is 0 Å². The summed E-state index contributed by atoms with van der Waals surface area (Å²) in [7, 11) is 0. The number of anilines is 3. The zero-order valence-electron chi connectivity index (χ0n) is 16.2. The molecule has 0 aliphatic heterocycles. The van der Waals surface area contributed by atoms with E-state index < -0.39 is 37.6 Å². The Labute approximate surface area is 194 Å². The fourth-order valence-corrected chi connectivity index (χ4v) is 3.18. The number of non-ortho nitro benzene ring substituents is 2. The molecule has 0 atom stereocenters. The summed E-state index contributed by atoms with van der Waals surface area (Å²) in [6.07, 6.45) is 0. The van der Waals surface area contributed by atoms with Gasteiger partial charge < -0.3 is 10.6 Å². The highest BCUT2D eigenvalue weighted by Crippen LogP contribution is 2.38. The van der Waals surface area contributed by atoms with E-state index in [1.54, 1.807) is 12.1 Å². The Morgan fingerprint density at radius 1 is 0.758 bits per heavy atom. The SMILES string of the molecule is O=C(Nc1ccc([N+](=O)[O-])cc1Cl)c1cc([N+](=O)[O-])cc([N+](=O)[O-])c1Nc1ccccc1Cl. The van der Waals surface area contributed by atoms with Crippen LogP contribution in [-0.2, 0) is 0 Å². The zero-order chi connectivity index (χ0) is 24.3. The normalized spacial score (nSPS) is 10.4. The topological polar surface area (TPSA) is 171 Å². The lowest BCUT2D eigenvalue weighted by molar-refractivity contribution is -0.393. The number of carbonyl (C=O) groups is 1. The molecule has 12 nitrogen and oxygen atoms in total.